The first-order valence-corrected chi connectivity index (χ1v) is 5.52. The van der Waals surface area contributed by atoms with Gasteiger partial charge in [-0.3, -0.25) is 0 Å². The van der Waals surface area contributed by atoms with E-state index in [-0.39, 0.29) is 0 Å². The molecule has 1 N–H and O–H groups in total. The summed E-state index contributed by atoms with van der Waals surface area (Å²) >= 11 is 12.5. The van der Waals surface area contributed by atoms with E-state index >= 15 is 0 Å². The normalized spacial score (nSPS) is 10.8. The largest absolute Gasteiger partial charge is 0.478 e. The van der Waals surface area contributed by atoms with Crippen LogP contribution in [0, 0.1) is 0 Å². The Morgan fingerprint density at radius 3 is 2.64 bits per heavy atom. The van der Waals surface area contributed by atoms with Crippen LogP contribution in [0.2, 0.25) is 5.02 Å². The van der Waals surface area contributed by atoms with Crippen molar-refractivity contribution in [2.24, 2.45) is 0 Å². The minimum Gasteiger partial charge on any atom is -0.478 e. The summed E-state index contributed by atoms with van der Waals surface area (Å²) in [5.41, 5.74) is 0.648. The van der Waals surface area contributed by atoms with Gasteiger partial charge >= 0.3 is 5.97 Å². The lowest BCUT2D eigenvalue weighted by Gasteiger charge is -2.01. The fourth-order valence-electron chi connectivity index (χ4n) is 0.858. The van der Waals surface area contributed by atoms with E-state index in [9.17, 15) is 4.79 Å². The second-order valence-electron chi connectivity index (χ2n) is 2.46. The molecule has 0 unspecified atom stereocenters. The summed E-state index contributed by atoms with van der Waals surface area (Å²) in [6.45, 7) is 0. The number of hydrogen-bond donors (Lipinski definition) is 1. The molecule has 1 aromatic rings. The quantitative estimate of drug-likeness (QED) is 0.653. The van der Waals surface area contributed by atoms with Crippen molar-refractivity contribution in [3.05, 3.63) is 37.7 Å². The van der Waals surface area contributed by atoms with Gasteiger partial charge in [-0.25, -0.2) is 4.79 Å². The molecule has 0 aromatic heterocycles. The van der Waals surface area contributed by atoms with Gasteiger partial charge in [0.25, 0.3) is 0 Å². The van der Waals surface area contributed by atoms with Gasteiger partial charge in [0.1, 0.15) is 0 Å². The van der Waals surface area contributed by atoms with Crippen LogP contribution in [0.25, 0.3) is 6.08 Å². The van der Waals surface area contributed by atoms with Gasteiger partial charge in [-0.15, -0.1) is 0 Å². The van der Waals surface area contributed by atoms with Gasteiger partial charge in [-0.2, -0.15) is 0 Å². The van der Waals surface area contributed by atoms with E-state index in [0.717, 1.165) is 15.0 Å². The van der Waals surface area contributed by atoms with Crippen LogP contribution in [0.5, 0.6) is 0 Å². The molecule has 5 heteroatoms. The van der Waals surface area contributed by atoms with Gasteiger partial charge in [0, 0.05) is 15.0 Å². The predicted molar refractivity (Wildman–Crippen MR) is 63.5 cm³/mol. The summed E-state index contributed by atoms with van der Waals surface area (Å²) in [6, 6.07) is 3.53. The SMILES string of the molecule is O=C(O)/C=C/c1cc(Br)cc(Br)c1Cl. The zero-order valence-corrected chi connectivity index (χ0v) is 10.7. The molecule has 0 aliphatic carbocycles. The van der Waals surface area contributed by atoms with E-state index in [1.807, 2.05) is 0 Å². The highest BCUT2D eigenvalue weighted by molar-refractivity contribution is 9.11. The maximum absolute atomic E-state index is 10.3. The lowest BCUT2D eigenvalue weighted by Crippen LogP contribution is -1.86. The Bertz CT molecular complexity index is 402. The topological polar surface area (TPSA) is 37.3 Å². The lowest BCUT2D eigenvalue weighted by atomic mass is 10.2. The molecule has 0 saturated carbocycles. The molecule has 0 bridgehead atoms. The summed E-state index contributed by atoms with van der Waals surface area (Å²) in [7, 11) is 0. The fraction of sp³-hybridized carbons (Fsp3) is 0. The van der Waals surface area contributed by atoms with Crippen molar-refractivity contribution in [3.8, 4) is 0 Å². The Kier molecular flexibility index (Phi) is 4.16. The first kappa shape index (κ1) is 11.8. The third-order valence-electron chi connectivity index (χ3n) is 1.43. The molecule has 2 nitrogen and oxygen atoms in total. The Labute approximate surface area is 103 Å². The first-order valence-electron chi connectivity index (χ1n) is 3.56. The molecule has 0 aliphatic heterocycles. The zero-order valence-electron chi connectivity index (χ0n) is 6.80. The third-order valence-corrected chi connectivity index (χ3v) is 3.16. The average molecular weight is 340 g/mol. The number of carboxylic acid groups (broad SMARTS) is 1. The zero-order chi connectivity index (χ0) is 10.7. The Morgan fingerprint density at radius 2 is 2.07 bits per heavy atom. The number of hydrogen-bond acceptors (Lipinski definition) is 1. The number of halogens is 3. The Morgan fingerprint density at radius 1 is 1.43 bits per heavy atom. The molecule has 74 valence electrons. The summed E-state index contributed by atoms with van der Waals surface area (Å²) in [5.74, 6) is -1.00. The van der Waals surface area contributed by atoms with E-state index < -0.39 is 5.97 Å². The fourth-order valence-corrected chi connectivity index (χ4v) is 2.29. The summed E-state index contributed by atoms with van der Waals surface area (Å²) in [4.78, 5) is 10.3. The van der Waals surface area contributed by atoms with E-state index in [4.69, 9.17) is 16.7 Å². The summed E-state index contributed by atoms with van der Waals surface area (Å²) in [5, 5.41) is 8.94. The van der Waals surface area contributed by atoms with Crippen LogP contribution in [0.15, 0.2) is 27.2 Å². The molecule has 14 heavy (non-hydrogen) atoms. The van der Waals surface area contributed by atoms with Crippen LogP contribution >= 0.6 is 43.5 Å². The number of carboxylic acids is 1. The van der Waals surface area contributed by atoms with E-state index in [2.05, 4.69) is 31.9 Å². The van der Waals surface area contributed by atoms with Crippen molar-refractivity contribution in [1.82, 2.24) is 0 Å². The maximum atomic E-state index is 10.3. The summed E-state index contributed by atoms with van der Waals surface area (Å²) < 4.78 is 1.55. The molecular formula is C9H5Br2ClO2. The second kappa shape index (κ2) is 4.96. The Balaban J connectivity index is 3.14. The first-order chi connectivity index (χ1) is 6.50. The minimum atomic E-state index is -1.00. The standard InChI is InChI=1S/C9H5Br2ClO2/c10-6-3-5(1-2-8(13)14)9(12)7(11)4-6/h1-4H,(H,13,14)/b2-1+. The molecule has 0 amide bonds. The van der Waals surface area contributed by atoms with Crippen LogP contribution in [-0.2, 0) is 4.79 Å². The van der Waals surface area contributed by atoms with Crippen LogP contribution in [-0.4, -0.2) is 11.1 Å². The monoisotopic (exact) mass is 338 g/mol. The van der Waals surface area contributed by atoms with Crippen molar-refractivity contribution in [2.45, 2.75) is 0 Å². The maximum Gasteiger partial charge on any atom is 0.328 e. The molecule has 0 aliphatic rings. The minimum absolute atomic E-state index is 0.491. The van der Waals surface area contributed by atoms with Crippen molar-refractivity contribution in [3.63, 3.8) is 0 Å². The smallest absolute Gasteiger partial charge is 0.328 e. The molecule has 0 atom stereocenters. The van der Waals surface area contributed by atoms with Crippen molar-refractivity contribution < 1.29 is 9.90 Å². The van der Waals surface area contributed by atoms with E-state index in [1.54, 1.807) is 12.1 Å². The van der Waals surface area contributed by atoms with Gasteiger partial charge in [-0.05, 0) is 39.7 Å². The van der Waals surface area contributed by atoms with Gasteiger partial charge in [0.05, 0.1) is 5.02 Å². The highest BCUT2D eigenvalue weighted by Crippen LogP contribution is 2.30. The van der Waals surface area contributed by atoms with Gasteiger partial charge < -0.3 is 5.11 Å². The highest BCUT2D eigenvalue weighted by Gasteiger charge is 2.03. The number of benzene rings is 1. The lowest BCUT2D eigenvalue weighted by molar-refractivity contribution is -0.131. The van der Waals surface area contributed by atoms with Crippen LogP contribution < -0.4 is 0 Å². The van der Waals surface area contributed by atoms with Crippen molar-refractivity contribution >= 4 is 55.5 Å². The van der Waals surface area contributed by atoms with Gasteiger partial charge in [-0.1, -0.05) is 27.5 Å². The Hall–Kier alpha value is -0.320. The highest BCUT2D eigenvalue weighted by atomic mass is 79.9. The van der Waals surface area contributed by atoms with Crippen molar-refractivity contribution in [2.75, 3.05) is 0 Å². The predicted octanol–water partition coefficient (Wildman–Crippen LogP) is 3.96. The van der Waals surface area contributed by atoms with Crippen LogP contribution in [0.1, 0.15) is 5.56 Å². The second-order valence-corrected chi connectivity index (χ2v) is 4.61. The van der Waals surface area contributed by atoms with E-state index in [0.29, 0.717) is 10.6 Å². The molecule has 1 aromatic carbocycles. The number of rotatable bonds is 2. The molecule has 0 heterocycles. The van der Waals surface area contributed by atoms with Gasteiger partial charge in [0.15, 0.2) is 0 Å². The van der Waals surface area contributed by atoms with Crippen LogP contribution in [0.4, 0.5) is 0 Å². The third kappa shape index (κ3) is 3.12. The van der Waals surface area contributed by atoms with Crippen molar-refractivity contribution in [1.29, 1.82) is 0 Å². The number of carbonyl (C=O) groups is 1. The molecule has 1 rings (SSSR count). The average Bonchev–Trinajstić information content (AvgIpc) is 2.08. The molecule has 0 radical (unpaired) electrons. The molecule has 0 saturated heterocycles. The molecular weight excluding hydrogens is 335 g/mol. The van der Waals surface area contributed by atoms with E-state index in [1.165, 1.54) is 6.08 Å². The summed E-state index contributed by atoms with van der Waals surface area (Å²) in [6.07, 6.45) is 2.49. The number of aliphatic carboxylic acids is 1. The molecule has 0 fully saturated rings. The van der Waals surface area contributed by atoms with Gasteiger partial charge in [0.2, 0.25) is 0 Å². The van der Waals surface area contributed by atoms with Crippen LogP contribution in [0.3, 0.4) is 0 Å². The molecule has 0 spiro atoms.